The molecule has 0 bridgehead atoms. The van der Waals surface area contributed by atoms with Crippen LogP contribution >= 0.6 is 11.6 Å². The van der Waals surface area contributed by atoms with E-state index in [0.717, 1.165) is 0 Å². The van der Waals surface area contributed by atoms with Gasteiger partial charge >= 0.3 is 12.1 Å². The molecule has 0 spiro atoms. The molecule has 2 unspecified atom stereocenters. The second-order valence-electron chi connectivity index (χ2n) is 4.51. The van der Waals surface area contributed by atoms with Gasteiger partial charge in [0.15, 0.2) is 17.3 Å². The van der Waals surface area contributed by atoms with E-state index in [2.05, 4.69) is 0 Å². The second kappa shape index (κ2) is 4.52. The molecule has 0 aromatic heterocycles. The van der Waals surface area contributed by atoms with Crippen LogP contribution in [-0.2, 0) is 4.79 Å². The van der Waals surface area contributed by atoms with E-state index >= 15 is 0 Å². The van der Waals surface area contributed by atoms with Crippen LogP contribution in [0.5, 0.6) is 11.5 Å². The molecule has 1 N–H and O–H groups in total. The van der Waals surface area contributed by atoms with Gasteiger partial charge in [-0.25, -0.2) is 0 Å². The quantitative estimate of drug-likeness (QED) is 0.803. The molecule has 1 aromatic rings. The number of halogens is 4. The number of ether oxygens (including phenoxy) is 2. The lowest BCUT2D eigenvalue weighted by Crippen LogP contribution is -2.41. The normalized spacial score (nSPS) is 23.1. The number of hydrogen-bond donors (Lipinski definition) is 1. The molecule has 5 nitrogen and oxygen atoms in total. The standard InChI is InChI=1S/C12H7ClF3NO4/c13-8-9(17-11(19)12(14,15)16)4-1-6-7(21-3-20-6)2-5(4)10(8)18/h1-2,8-9H,3H2,(H,17,19). The smallest absolute Gasteiger partial charge is 0.454 e. The van der Waals surface area contributed by atoms with Crippen LogP contribution in [0.3, 0.4) is 0 Å². The predicted molar refractivity (Wildman–Crippen MR) is 63.5 cm³/mol. The Balaban J connectivity index is 1.98. The molecule has 2 atom stereocenters. The first-order valence-corrected chi connectivity index (χ1v) is 6.22. The fraction of sp³-hybridized carbons (Fsp3) is 0.333. The van der Waals surface area contributed by atoms with Crippen molar-refractivity contribution >= 4 is 23.3 Å². The van der Waals surface area contributed by atoms with Crippen molar-refractivity contribution in [1.82, 2.24) is 5.32 Å². The third-order valence-corrected chi connectivity index (χ3v) is 3.68. The summed E-state index contributed by atoms with van der Waals surface area (Å²) in [7, 11) is 0. The number of nitrogens with one attached hydrogen (secondary N) is 1. The van der Waals surface area contributed by atoms with Gasteiger partial charge in [-0.15, -0.1) is 11.6 Å². The van der Waals surface area contributed by atoms with E-state index < -0.39 is 29.3 Å². The van der Waals surface area contributed by atoms with Crippen LogP contribution in [0.4, 0.5) is 13.2 Å². The molecule has 1 aliphatic carbocycles. The Hall–Kier alpha value is -1.96. The summed E-state index contributed by atoms with van der Waals surface area (Å²) in [6, 6.07) is 1.45. The van der Waals surface area contributed by atoms with Crippen LogP contribution in [0.1, 0.15) is 22.0 Å². The van der Waals surface area contributed by atoms with Crippen LogP contribution in [0.25, 0.3) is 0 Å². The monoisotopic (exact) mass is 321 g/mol. The highest BCUT2D eigenvalue weighted by Gasteiger charge is 2.46. The van der Waals surface area contributed by atoms with Gasteiger partial charge in [-0.1, -0.05) is 0 Å². The molecule has 9 heteroatoms. The Morgan fingerprint density at radius 2 is 1.90 bits per heavy atom. The number of ketones is 1. The predicted octanol–water partition coefficient (Wildman–Crippen LogP) is 1.94. The molecule has 0 fully saturated rings. The van der Waals surface area contributed by atoms with Crippen molar-refractivity contribution in [1.29, 1.82) is 0 Å². The van der Waals surface area contributed by atoms with Gasteiger partial charge in [0.25, 0.3) is 0 Å². The highest BCUT2D eigenvalue weighted by Crippen LogP contribution is 2.43. The van der Waals surface area contributed by atoms with Crippen molar-refractivity contribution < 1.29 is 32.2 Å². The lowest BCUT2D eigenvalue weighted by molar-refractivity contribution is -0.174. The third kappa shape index (κ3) is 2.19. The minimum Gasteiger partial charge on any atom is -0.454 e. The van der Waals surface area contributed by atoms with E-state index in [4.69, 9.17) is 21.1 Å². The van der Waals surface area contributed by atoms with Crippen molar-refractivity contribution in [2.24, 2.45) is 0 Å². The summed E-state index contributed by atoms with van der Waals surface area (Å²) in [5.74, 6) is -2.12. The molecule has 1 heterocycles. The Bertz CT molecular complexity index is 646. The Morgan fingerprint density at radius 3 is 2.52 bits per heavy atom. The summed E-state index contributed by atoms with van der Waals surface area (Å²) in [5, 5.41) is 0.422. The highest BCUT2D eigenvalue weighted by molar-refractivity contribution is 6.36. The van der Waals surface area contributed by atoms with Crippen molar-refractivity contribution in [3.63, 3.8) is 0 Å². The number of hydrogen-bond acceptors (Lipinski definition) is 4. The zero-order chi connectivity index (χ0) is 15.4. The molecule has 1 aliphatic heterocycles. The van der Waals surface area contributed by atoms with Crippen molar-refractivity contribution in [2.75, 3.05) is 6.79 Å². The zero-order valence-corrected chi connectivity index (χ0v) is 10.9. The van der Waals surface area contributed by atoms with E-state index in [1.165, 1.54) is 12.1 Å². The number of Topliss-reactive ketones (excluding diaryl/α,β-unsaturated/α-hetero) is 1. The molecule has 0 saturated carbocycles. The number of amides is 1. The van der Waals surface area contributed by atoms with Crippen LogP contribution in [0.15, 0.2) is 12.1 Å². The van der Waals surface area contributed by atoms with Gasteiger partial charge in [-0.05, 0) is 17.7 Å². The second-order valence-corrected chi connectivity index (χ2v) is 4.98. The third-order valence-electron chi connectivity index (χ3n) is 3.23. The first-order chi connectivity index (χ1) is 9.79. The Morgan fingerprint density at radius 1 is 1.29 bits per heavy atom. The number of carbonyl (C=O) groups excluding carboxylic acids is 2. The van der Waals surface area contributed by atoms with E-state index in [-0.39, 0.29) is 17.9 Å². The maximum atomic E-state index is 12.3. The van der Waals surface area contributed by atoms with Crippen molar-refractivity contribution in [3.8, 4) is 11.5 Å². The fourth-order valence-electron chi connectivity index (χ4n) is 2.26. The summed E-state index contributed by atoms with van der Waals surface area (Å²) in [6.45, 7) is -0.0453. The minimum atomic E-state index is -5.06. The highest BCUT2D eigenvalue weighted by atomic mass is 35.5. The molecule has 0 radical (unpaired) electrons. The molecule has 3 rings (SSSR count). The number of rotatable bonds is 1. The van der Waals surface area contributed by atoms with Crippen LogP contribution in [-0.4, -0.2) is 30.0 Å². The largest absolute Gasteiger partial charge is 0.471 e. The van der Waals surface area contributed by atoms with Gasteiger partial charge in [0.05, 0.1) is 6.04 Å². The topological polar surface area (TPSA) is 64.6 Å². The average Bonchev–Trinajstić information content (AvgIpc) is 2.94. The van der Waals surface area contributed by atoms with Gasteiger partial charge in [0.2, 0.25) is 6.79 Å². The number of benzene rings is 1. The van der Waals surface area contributed by atoms with Crippen LogP contribution in [0, 0.1) is 0 Å². The molecule has 21 heavy (non-hydrogen) atoms. The maximum absolute atomic E-state index is 12.3. The number of carbonyl (C=O) groups is 2. The molecular weight excluding hydrogens is 315 g/mol. The van der Waals surface area contributed by atoms with E-state index in [9.17, 15) is 22.8 Å². The Kier molecular flexibility index (Phi) is 3.01. The summed E-state index contributed by atoms with van der Waals surface area (Å²) in [6.07, 6.45) is -5.06. The molecule has 1 amide bonds. The van der Waals surface area contributed by atoms with Gasteiger partial charge in [-0.2, -0.15) is 13.2 Å². The van der Waals surface area contributed by atoms with Gasteiger partial charge in [0, 0.05) is 5.56 Å². The van der Waals surface area contributed by atoms with E-state index in [0.29, 0.717) is 11.5 Å². The number of alkyl halides is 4. The SMILES string of the molecule is O=C1c2cc3c(cc2C(NC(=O)C(F)(F)F)C1Cl)OCO3. The first kappa shape index (κ1) is 14.0. The summed E-state index contributed by atoms with van der Waals surface area (Å²) in [4.78, 5) is 23.0. The van der Waals surface area contributed by atoms with Crippen LogP contribution in [0.2, 0.25) is 0 Å². The number of fused-ring (bicyclic) bond motifs is 2. The summed E-state index contributed by atoms with van der Waals surface area (Å²) < 4.78 is 47.2. The summed E-state index contributed by atoms with van der Waals surface area (Å²) in [5.41, 5.74) is 0.300. The van der Waals surface area contributed by atoms with Gasteiger partial charge in [-0.3, -0.25) is 9.59 Å². The Labute approximate surface area is 121 Å². The lowest BCUT2D eigenvalue weighted by atomic mass is 10.1. The molecule has 112 valence electrons. The minimum absolute atomic E-state index is 0.0453. The molecule has 1 aromatic carbocycles. The summed E-state index contributed by atoms with van der Waals surface area (Å²) >= 11 is 5.84. The van der Waals surface area contributed by atoms with E-state index in [1.807, 2.05) is 0 Å². The molecular formula is C12H7ClF3NO4. The first-order valence-electron chi connectivity index (χ1n) is 5.78. The van der Waals surface area contributed by atoms with Gasteiger partial charge in [0.1, 0.15) is 5.38 Å². The average molecular weight is 322 g/mol. The molecule has 0 saturated heterocycles. The maximum Gasteiger partial charge on any atom is 0.471 e. The fourth-order valence-corrected chi connectivity index (χ4v) is 2.58. The van der Waals surface area contributed by atoms with Gasteiger partial charge < -0.3 is 14.8 Å². The van der Waals surface area contributed by atoms with Crippen molar-refractivity contribution in [3.05, 3.63) is 23.3 Å². The zero-order valence-electron chi connectivity index (χ0n) is 10.2. The van der Waals surface area contributed by atoms with Crippen LogP contribution < -0.4 is 14.8 Å². The van der Waals surface area contributed by atoms with Crippen molar-refractivity contribution in [2.45, 2.75) is 17.6 Å². The van der Waals surface area contributed by atoms with E-state index in [1.54, 1.807) is 5.32 Å². The molecule has 2 aliphatic rings. The lowest BCUT2D eigenvalue weighted by Gasteiger charge is -2.17.